The van der Waals surface area contributed by atoms with Crippen molar-refractivity contribution < 1.29 is 14.3 Å². The van der Waals surface area contributed by atoms with E-state index in [-0.39, 0.29) is 11.7 Å². The molecule has 0 fully saturated rings. The fourth-order valence-electron chi connectivity index (χ4n) is 2.53. The van der Waals surface area contributed by atoms with E-state index < -0.39 is 0 Å². The highest BCUT2D eigenvalue weighted by molar-refractivity contribution is 6.04. The van der Waals surface area contributed by atoms with Gasteiger partial charge < -0.3 is 14.8 Å². The molecule has 5 nitrogen and oxygen atoms in total. The molecule has 5 heteroatoms. The zero-order valence-corrected chi connectivity index (χ0v) is 13.1. The predicted octanol–water partition coefficient (Wildman–Crippen LogP) is 4.45. The summed E-state index contributed by atoms with van der Waals surface area (Å²) in [6, 6.07) is 21.0. The van der Waals surface area contributed by atoms with Crippen LogP contribution in [0.3, 0.4) is 0 Å². The van der Waals surface area contributed by atoms with Crippen molar-refractivity contribution in [1.82, 2.24) is 4.98 Å². The second-order valence-electron chi connectivity index (χ2n) is 5.57. The normalized spacial score (nSPS) is 10.7. The Bertz CT molecular complexity index is 1040. The molecule has 0 atom stereocenters. The van der Waals surface area contributed by atoms with Crippen LogP contribution in [0.2, 0.25) is 0 Å². The maximum atomic E-state index is 12.2. The third-order valence-corrected chi connectivity index (χ3v) is 3.80. The second-order valence-corrected chi connectivity index (χ2v) is 5.57. The Morgan fingerprint density at radius 2 is 1.72 bits per heavy atom. The molecular weight excluding hydrogens is 316 g/mol. The molecular formula is C20H14N2O3. The van der Waals surface area contributed by atoms with E-state index in [0.29, 0.717) is 28.2 Å². The van der Waals surface area contributed by atoms with E-state index in [1.165, 1.54) is 0 Å². The van der Waals surface area contributed by atoms with E-state index in [0.717, 1.165) is 5.56 Å². The summed E-state index contributed by atoms with van der Waals surface area (Å²) in [5.41, 5.74) is 3.28. The van der Waals surface area contributed by atoms with Gasteiger partial charge in [-0.1, -0.05) is 18.2 Å². The molecule has 0 radical (unpaired) electrons. The lowest BCUT2D eigenvalue weighted by Crippen LogP contribution is -2.11. The highest BCUT2D eigenvalue weighted by atomic mass is 16.3. The minimum Gasteiger partial charge on any atom is -0.508 e. The maximum absolute atomic E-state index is 12.2. The van der Waals surface area contributed by atoms with Crippen LogP contribution >= 0.6 is 0 Å². The molecule has 0 saturated heterocycles. The largest absolute Gasteiger partial charge is 0.508 e. The summed E-state index contributed by atoms with van der Waals surface area (Å²) in [5, 5.41) is 12.2. The molecule has 0 aliphatic carbocycles. The Morgan fingerprint density at radius 1 is 0.960 bits per heavy atom. The van der Waals surface area contributed by atoms with Gasteiger partial charge in [-0.25, -0.2) is 4.98 Å². The van der Waals surface area contributed by atoms with Crippen molar-refractivity contribution in [2.45, 2.75) is 0 Å². The summed E-state index contributed by atoms with van der Waals surface area (Å²) < 4.78 is 5.73. The molecule has 1 aromatic heterocycles. The van der Waals surface area contributed by atoms with Crippen LogP contribution in [0.5, 0.6) is 5.75 Å². The van der Waals surface area contributed by atoms with Gasteiger partial charge >= 0.3 is 0 Å². The van der Waals surface area contributed by atoms with Crippen molar-refractivity contribution in [2.24, 2.45) is 0 Å². The molecule has 4 aromatic rings. The average molecular weight is 330 g/mol. The molecule has 122 valence electrons. The lowest BCUT2D eigenvalue weighted by atomic mass is 10.2. The minimum atomic E-state index is -0.179. The number of oxazole rings is 1. The fraction of sp³-hybridized carbons (Fsp3) is 0. The third kappa shape index (κ3) is 3.07. The maximum Gasteiger partial charge on any atom is 0.255 e. The Labute approximate surface area is 143 Å². The fourth-order valence-corrected chi connectivity index (χ4v) is 2.53. The summed E-state index contributed by atoms with van der Waals surface area (Å²) in [6.45, 7) is 0. The van der Waals surface area contributed by atoms with Gasteiger partial charge in [0.2, 0.25) is 5.89 Å². The number of rotatable bonds is 3. The van der Waals surface area contributed by atoms with Crippen LogP contribution in [0, 0.1) is 0 Å². The van der Waals surface area contributed by atoms with Gasteiger partial charge in [0.25, 0.3) is 5.91 Å². The number of phenolic OH excluding ortho intramolecular Hbond substituents is 1. The number of fused-ring (bicyclic) bond motifs is 1. The number of hydrogen-bond acceptors (Lipinski definition) is 4. The zero-order valence-electron chi connectivity index (χ0n) is 13.1. The van der Waals surface area contributed by atoms with E-state index in [4.69, 9.17) is 4.42 Å². The number of nitrogens with zero attached hydrogens (tertiary/aromatic N) is 1. The van der Waals surface area contributed by atoms with E-state index >= 15 is 0 Å². The topological polar surface area (TPSA) is 75.4 Å². The summed E-state index contributed by atoms with van der Waals surface area (Å²) >= 11 is 0. The van der Waals surface area contributed by atoms with Gasteiger partial charge in [-0.2, -0.15) is 0 Å². The summed E-state index contributed by atoms with van der Waals surface area (Å²) in [5.74, 6) is 0.467. The minimum absolute atomic E-state index is 0.179. The van der Waals surface area contributed by atoms with E-state index in [1.807, 2.05) is 18.2 Å². The van der Waals surface area contributed by atoms with E-state index in [1.54, 1.807) is 54.6 Å². The van der Waals surface area contributed by atoms with Gasteiger partial charge in [0.1, 0.15) is 11.3 Å². The second kappa shape index (κ2) is 6.13. The molecule has 2 N–H and O–H groups in total. The Kier molecular flexibility index (Phi) is 3.67. The predicted molar refractivity (Wildman–Crippen MR) is 95.5 cm³/mol. The first-order chi connectivity index (χ1) is 12.2. The molecule has 0 spiro atoms. The van der Waals surface area contributed by atoms with Crippen LogP contribution in [0.1, 0.15) is 10.4 Å². The first-order valence-corrected chi connectivity index (χ1v) is 7.75. The Morgan fingerprint density at radius 3 is 2.48 bits per heavy atom. The zero-order chi connectivity index (χ0) is 17.2. The summed E-state index contributed by atoms with van der Waals surface area (Å²) in [7, 11) is 0. The van der Waals surface area contributed by atoms with Crippen molar-refractivity contribution in [2.75, 3.05) is 5.32 Å². The highest BCUT2D eigenvalue weighted by Gasteiger charge is 2.10. The number of aromatic nitrogens is 1. The monoisotopic (exact) mass is 330 g/mol. The number of aromatic hydroxyl groups is 1. The molecule has 1 heterocycles. The molecule has 0 aliphatic rings. The van der Waals surface area contributed by atoms with E-state index in [9.17, 15) is 9.90 Å². The van der Waals surface area contributed by atoms with Crippen molar-refractivity contribution in [3.8, 4) is 17.2 Å². The number of carbonyl (C=O) groups excluding carboxylic acids is 1. The standard InChI is InChI=1S/C20H14N2O3/c23-16-9-6-14(7-10-16)20-22-17-12-15(8-11-18(17)25-20)21-19(24)13-4-2-1-3-5-13/h1-12,23H,(H,21,24). The average Bonchev–Trinajstić information content (AvgIpc) is 3.06. The van der Waals surface area contributed by atoms with Gasteiger partial charge in [0.15, 0.2) is 5.58 Å². The number of amides is 1. The number of benzene rings is 3. The lowest BCUT2D eigenvalue weighted by molar-refractivity contribution is 0.102. The van der Waals surface area contributed by atoms with Crippen LogP contribution in [-0.2, 0) is 0 Å². The van der Waals surface area contributed by atoms with Crippen molar-refractivity contribution >= 4 is 22.7 Å². The SMILES string of the molecule is O=C(Nc1ccc2oc(-c3ccc(O)cc3)nc2c1)c1ccccc1. The van der Waals surface area contributed by atoms with Crippen LogP contribution in [-0.4, -0.2) is 16.0 Å². The number of hydrogen-bond donors (Lipinski definition) is 2. The van der Waals surface area contributed by atoms with Crippen LogP contribution in [0.25, 0.3) is 22.6 Å². The Balaban J connectivity index is 1.62. The number of anilines is 1. The van der Waals surface area contributed by atoms with Gasteiger partial charge in [-0.05, 0) is 54.6 Å². The van der Waals surface area contributed by atoms with Gasteiger partial charge in [0.05, 0.1) is 0 Å². The first-order valence-electron chi connectivity index (χ1n) is 7.75. The van der Waals surface area contributed by atoms with Gasteiger partial charge in [0, 0.05) is 16.8 Å². The van der Waals surface area contributed by atoms with Crippen molar-refractivity contribution in [3.05, 3.63) is 78.4 Å². The molecule has 4 rings (SSSR count). The number of nitrogens with one attached hydrogen (secondary N) is 1. The number of phenols is 1. The van der Waals surface area contributed by atoms with E-state index in [2.05, 4.69) is 10.3 Å². The van der Waals surface area contributed by atoms with Crippen molar-refractivity contribution in [3.63, 3.8) is 0 Å². The molecule has 3 aromatic carbocycles. The summed E-state index contributed by atoms with van der Waals surface area (Å²) in [4.78, 5) is 16.7. The molecule has 0 unspecified atom stereocenters. The van der Waals surface area contributed by atoms with Gasteiger partial charge in [-0.3, -0.25) is 4.79 Å². The van der Waals surface area contributed by atoms with Crippen LogP contribution < -0.4 is 5.32 Å². The van der Waals surface area contributed by atoms with Crippen LogP contribution in [0.4, 0.5) is 5.69 Å². The Hall–Kier alpha value is -3.60. The highest BCUT2D eigenvalue weighted by Crippen LogP contribution is 2.27. The third-order valence-electron chi connectivity index (χ3n) is 3.80. The van der Waals surface area contributed by atoms with Gasteiger partial charge in [-0.15, -0.1) is 0 Å². The molecule has 1 amide bonds. The quantitative estimate of drug-likeness (QED) is 0.582. The molecule has 0 bridgehead atoms. The molecule has 0 saturated carbocycles. The van der Waals surface area contributed by atoms with Crippen LogP contribution in [0.15, 0.2) is 77.2 Å². The van der Waals surface area contributed by atoms with Crippen molar-refractivity contribution in [1.29, 1.82) is 0 Å². The smallest absolute Gasteiger partial charge is 0.255 e. The summed E-state index contributed by atoms with van der Waals surface area (Å²) in [6.07, 6.45) is 0. The lowest BCUT2D eigenvalue weighted by Gasteiger charge is -2.04. The molecule has 0 aliphatic heterocycles. The first kappa shape index (κ1) is 15.0. The molecule has 25 heavy (non-hydrogen) atoms. The number of carbonyl (C=O) groups is 1.